The average Bonchev–Trinajstić information content (AvgIpc) is 3.08. The molecule has 1 aromatic rings. The van der Waals surface area contributed by atoms with E-state index in [4.69, 9.17) is 10.5 Å². The van der Waals surface area contributed by atoms with E-state index in [0.717, 1.165) is 19.4 Å². The summed E-state index contributed by atoms with van der Waals surface area (Å²) in [6.45, 7) is 0.841. The van der Waals surface area contributed by atoms with Crippen LogP contribution < -0.4 is 5.73 Å². The molecule has 2 N–H and O–H groups in total. The zero-order chi connectivity index (χ0) is 11.9. The molecule has 2 fully saturated rings. The molecule has 0 saturated heterocycles. The average molecular weight is 231 g/mol. The molecule has 0 amide bonds. The van der Waals surface area contributed by atoms with Crippen LogP contribution in [0.3, 0.4) is 0 Å². The van der Waals surface area contributed by atoms with Crippen molar-refractivity contribution in [2.24, 2.45) is 5.73 Å². The highest BCUT2D eigenvalue weighted by molar-refractivity contribution is 5.38. The molecule has 2 saturated carbocycles. The number of ether oxygens (including phenoxy) is 1. The molecule has 0 aliphatic heterocycles. The van der Waals surface area contributed by atoms with Crippen molar-refractivity contribution in [1.82, 2.24) is 0 Å². The van der Waals surface area contributed by atoms with E-state index in [-0.39, 0.29) is 5.54 Å². The van der Waals surface area contributed by atoms with Crippen LogP contribution in [0, 0.1) is 0 Å². The molecule has 2 aliphatic rings. The van der Waals surface area contributed by atoms with Gasteiger partial charge in [-0.3, -0.25) is 0 Å². The van der Waals surface area contributed by atoms with Crippen LogP contribution in [0.4, 0.5) is 0 Å². The van der Waals surface area contributed by atoms with Crippen molar-refractivity contribution >= 4 is 0 Å². The van der Waals surface area contributed by atoms with E-state index in [0.29, 0.717) is 5.41 Å². The van der Waals surface area contributed by atoms with Crippen molar-refractivity contribution in [3.63, 3.8) is 0 Å². The second-order valence-electron chi connectivity index (χ2n) is 5.80. The lowest BCUT2D eigenvalue weighted by molar-refractivity contribution is 0.171. The van der Waals surface area contributed by atoms with Gasteiger partial charge >= 0.3 is 0 Å². The van der Waals surface area contributed by atoms with Crippen molar-refractivity contribution in [1.29, 1.82) is 0 Å². The van der Waals surface area contributed by atoms with Gasteiger partial charge in [-0.15, -0.1) is 0 Å². The highest BCUT2D eigenvalue weighted by atomic mass is 16.5. The molecule has 0 unspecified atom stereocenters. The van der Waals surface area contributed by atoms with Crippen molar-refractivity contribution < 1.29 is 4.74 Å². The van der Waals surface area contributed by atoms with E-state index in [2.05, 4.69) is 24.3 Å². The normalized spacial score (nSPS) is 24.1. The van der Waals surface area contributed by atoms with Gasteiger partial charge in [0.25, 0.3) is 0 Å². The number of methoxy groups -OCH3 is 1. The summed E-state index contributed by atoms with van der Waals surface area (Å²) < 4.78 is 5.36. The molecule has 0 aromatic heterocycles. The van der Waals surface area contributed by atoms with E-state index in [9.17, 15) is 0 Å². The summed E-state index contributed by atoms with van der Waals surface area (Å²) in [6.07, 6.45) is 6.04. The SMILES string of the molecule is COCC1(c2cccc(C3(N)CCC3)c2)CC1. The standard InChI is InChI=1S/C15H21NO/c1-17-11-14(8-9-14)12-4-2-5-13(10-12)15(16)6-3-7-15/h2,4-5,10H,3,6-9,11,16H2,1H3. The smallest absolute Gasteiger partial charge is 0.0559 e. The Morgan fingerprint density at radius 2 is 1.88 bits per heavy atom. The lowest BCUT2D eigenvalue weighted by Crippen LogP contribution is -2.43. The summed E-state index contributed by atoms with van der Waals surface area (Å²) in [5, 5.41) is 0. The fourth-order valence-electron chi connectivity index (χ4n) is 2.95. The zero-order valence-corrected chi connectivity index (χ0v) is 10.5. The van der Waals surface area contributed by atoms with Crippen LogP contribution in [0.15, 0.2) is 24.3 Å². The van der Waals surface area contributed by atoms with Gasteiger partial charge < -0.3 is 10.5 Å². The third-order valence-electron chi connectivity index (χ3n) is 4.57. The summed E-state index contributed by atoms with van der Waals surface area (Å²) in [5.74, 6) is 0. The Morgan fingerprint density at radius 1 is 1.18 bits per heavy atom. The molecule has 0 heterocycles. The largest absolute Gasteiger partial charge is 0.384 e. The first-order valence-electron chi connectivity index (χ1n) is 6.57. The molecule has 0 atom stereocenters. The molecule has 2 nitrogen and oxygen atoms in total. The van der Waals surface area contributed by atoms with Gasteiger partial charge in [-0.2, -0.15) is 0 Å². The van der Waals surface area contributed by atoms with Crippen LogP contribution in [0.2, 0.25) is 0 Å². The van der Waals surface area contributed by atoms with Crippen molar-refractivity contribution in [2.45, 2.75) is 43.1 Å². The maximum atomic E-state index is 6.40. The van der Waals surface area contributed by atoms with E-state index in [1.54, 1.807) is 7.11 Å². The lowest BCUT2D eigenvalue weighted by Gasteiger charge is -2.39. The molecule has 2 heteroatoms. The second-order valence-corrected chi connectivity index (χ2v) is 5.80. The Labute approximate surface area is 103 Å². The van der Waals surface area contributed by atoms with Gasteiger partial charge in [0.2, 0.25) is 0 Å². The van der Waals surface area contributed by atoms with Crippen LogP contribution in [-0.2, 0) is 15.7 Å². The Balaban J connectivity index is 1.89. The van der Waals surface area contributed by atoms with Crippen molar-refractivity contribution in [3.8, 4) is 0 Å². The van der Waals surface area contributed by atoms with Crippen LogP contribution in [0.25, 0.3) is 0 Å². The molecule has 1 aromatic carbocycles. The van der Waals surface area contributed by atoms with Crippen LogP contribution >= 0.6 is 0 Å². The second kappa shape index (κ2) is 3.82. The first kappa shape index (κ1) is 11.2. The zero-order valence-electron chi connectivity index (χ0n) is 10.5. The molecule has 2 aliphatic carbocycles. The maximum Gasteiger partial charge on any atom is 0.0559 e. The van der Waals surface area contributed by atoms with Gasteiger partial charge in [0.05, 0.1) is 6.61 Å². The topological polar surface area (TPSA) is 35.2 Å². The first-order chi connectivity index (χ1) is 8.19. The van der Waals surface area contributed by atoms with Crippen LogP contribution in [0.5, 0.6) is 0 Å². The number of hydrogen-bond acceptors (Lipinski definition) is 2. The Hall–Kier alpha value is -0.860. The minimum atomic E-state index is -0.0425. The molecular formula is C15H21NO. The minimum Gasteiger partial charge on any atom is -0.384 e. The first-order valence-corrected chi connectivity index (χ1v) is 6.57. The fraction of sp³-hybridized carbons (Fsp3) is 0.600. The predicted octanol–water partition coefficient (Wildman–Crippen LogP) is 2.70. The van der Waals surface area contributed by atoms with E-state index in [1.165, 1.54) is 30.4 Å². The Morgan fingerprint density at radius 3 is 2.41 bits per heavy atom. The van der Waals surface area contributed by atoms with Gasteiger partial charge in [0, 0.05) is 18.1 Å². The number of hydrogen-bond donors (Lipinski definition) is 1. The molecule has 0 bridgehead atoms. The highest BCUT2D eigenvalue weighted by Gasteiger charge is 2.45. The van der Waals surface area contributed by atoms with E-state index < -0.39 is 0 Å². The lowest BCUT2D eigenvalue weighted by atomic mass is 9.72. The summed E-state index contributed by atoms with van der Waals surface area (Å²) in [5.41, 5.74) is 9.40. The van der Waals surface area contributed by atoms with Crippen LogP contribution in [-0.4, -0.2) is 13.7 Å². The molecule has 92 valence electrons. The van der Waals surface area contributed by atoms with Gasteiger partial charge in [-0.1, -0.05) is 24.3 Å². The maximum absolute atomic E-state index is 6.40. The molecule has 17 heavy (non-hydrogen) atoms. The van der Waals surface area contributed by atoms with Gasteiger partial charge in [0.15, 0.2) is 0 Å². The quantitative estimate of drug-likeness (QED) is 0.864. The minimum absolute atomic E-state index is 0.0425. The Kier molecular flexibility index (Phi) is 2.53. The number of benzene rings is 1. The van der Waals surface area contributed by atoms with Crippen molar-refractivity contribution in [3.05, 3.63) is 35.4 Å². The summed E-state index contributed by atoms with van der Waals surface area (Å²) in [4.78, 5) is 0. The van der Waals surface area contributed by atoms with Crippen LogP contribution in [0.1, 0.15) is 43.2 Å². The van der Waals surface area contributed by atoms with E-state index >= 15 is 0 Å². The number of rotatable bonds is 4. The monoisotopic (exact) mass is 231 g/mol. The molecular weight excluding hydrogens is 210 g/mol. The van der Waals surface area contributed by atoms with Gasteiger partial charge in [-0.05, 0) is 43.2 Å². The van der Waals surface area contributed by atoms with Gasteiger partial charge in [-0.25, -0.2) is 0 Å². The van der Waals surface area contributed by atoms with Gasteiger partial charge in [0.1, 0.15) is 0 Å². The predicted molar refractivity (Wildman–Crippen MR) is 68.9 cm³/mol. The molecule has 0 spiro atoms. The third kappa shape index (κ3) is 1.80. The van der Waals surface area contributed by atoms with Crippen molar-refractivity contribution in [2.75, 3.05) is 13.7 Å². The summed E-state index contributed by atoms with van der Waals surface area (Å²) in [7, 11) is 1.79. The van der Waals surface area contributed by atoms with E-state index in [1.807, 2.05) is 0 Å². The number of nitrogens with two attached hydrogens (primary N) is 1. The molecule has 3 rings (SSSR count). The third-order valence-corrected chi connectivity index (χ3v) is 4.57. The summed E-state index contributed by atoms with van der Waals surface area (Å²) in [6, 6.07) is 8.90. The molecule has 0 radical (unpaired) electrons. The Bertz CT molecular complexity index is 419. The highest BCUT2D eigenvalue weighted by Crippen LogP contribution is 2.49. The fourth-order valence-corrected chi connectivity index (χ4v) is 2.95. The summed E-state index contributed by atoms with van der Waals surface area (Å²) >= 11 is 0.